The number of carbonyl (C=O) groups is 1. The molecule has 0 unspecified atom stereocenters. The average Bonchev–Trinajstić information content (AvgIpc) is 2.98. The summed E-state index contributed by atoms with van der Waals surface area (Å²) in [7, 11) is 0. The van der Waals surface area contributed by atoms with Crippen molar-refractivity contribution in [2.24, 2.45) is 0 Å². The highest BCUT2D eigenvalue weighted by atomic mass is 32.1. The number of benzene rings is 1. The van der Waals surface area contributed by atoms with Gasteiger partial charge in [0.25, 0.3) is 5.56 Å². The highest BCUT2D eigenvalue weighted by Crippen LogP contribution is 2.31. The number of carboxylic acid groups (broad SMARTS) is 1. The molecule has 1 aromatic carbocycles. The van der Waals surface area contributed by atoms with E-state index in [0.717, 1.165) is 17.5 Å². The summed E-state index contributed by atoms with van der Waals surface area (Å²) in [6, 6.07) is 8.15. The maximum Gasteiger partial charge on any atom is 0.305 e. The van der Waals surface area contributed by atoms with Gasteiger partial charge >= 0.3 is 5.97 Å². The molecule has 24 heavy (non-hydrogen) atoms. The van der Waals surface area contributed by atoms with Crippen LogP contribution in [0.1, 0.15) is 24.7 Å². The number of aliphatic carboxylic acids is 1. The van der Waals surface area contributed by atoms with Crippen LogP contribution in [0.5, 0.6) is 0 Å². The van der Waals surface area contributed by atoms with Gasteiger partial charge in [0, 0.05) is 17.5 Å². The lowest BCUT2D eigenvalue weighted by Gasteiger charge is -2.09. The van der Waals surface area contributed by atoms with E-state index in [1.165, 1.54) is 21.5 Å². The molecule has 0 amide bonds. The average molecular weight is 342 g/mol. The molecule has 0 bridgehead atoms. The number of carboxylic acids is 1. The minimum absolute atomic E-state index is 0.0986. The summed E-state index contributed by atoms with van der Waals surface area (Å²) in [5, 5.41) is 11.4. The first-order valence-corrected chi connectivity index (χ1v) is 8.69. The molecule has 0 aliphatic rings. The molecule has 0 atom stereocenters. The van der Waals surface area contributed by atoms with Gasteiger partial charge < -0.3 is 5.11 Å². The molecule has 0 aliphatic heterocycles. The standard InChI is InChI=1S/C18H18N2O3S/c1-3-12-4-6-13(7-5-12)14-10-24-17-16(14)18(23)20(11(2)19-17)9-8-15(21)22/h4-7,10H,3,8-9H2,1-2H3,(H,21,22). The fraction of sp³-hybridized carbons (Fsp3) is 0.278. The topological polar surface area (TPSA) is 72.2 Å². The third-order valence-electron chi connectivity index (χ3n) is 4.11. The molecule has 0 saturated heterocycles. The van der Waals surface area contributed by atoms with Crippen molar-refractivity contribution in [1.82, 2.24) is 9.55 Å². The third kappa shape index (κ3) is 2.97. The molecule has 2 aromatic heterocycles. The molecular weight excluding hydrogens is 324 g/mol. The van der Waals surface area contributed by atoms with Gasteiger partial charge in [0.05, 0.1) is 11.8 Å². The Labute approximate surface area is 143 Å². The van der Waals surface area contributed by atoms with Crippen molar-refractivity contribution >= 4 is 27.5 Å². The van der Waals surface area contributed by atoms with Crippen LogP contribution in [0.3, 0.4) is 0 Å². The minimum atomic E-state index is -0.929. The molecule has 3 rings (SSSR count). The lowest BCUT2D eigenvalue weighted by atomic mass is 10.0. The second kappa shape index (κ2) is 6.57. The molecular formula is C18H18N2O3S. The fourth-order valence-corrected chi connectivity index (χ4v) is 3.71. The molecule has 0 radical (unpaired) electrons. The lowest BCUT2D eigenvalue weighted by Crippen LogP contribution is -2.24. The molecule has 0 aliphatic carbocycles. The molecule has 0 saturated carbocycles. The lowest BCUT2D eigenvalue weighted by molar-refractivity contribution is -0.137. The molecule has 124 valence electrons. The van der Waals surface area contributed by atoms with Crippen LogP contribution >= 0.6 is 11.3 Å². The van der Waals surface area contributed by atoms with Gasteiger partial charge in [0.1, 0.15) is 10.7 Å². The van der Waals surface area contributed by atoms with Crippen LogP contribution < -0.4 is 5.56 Å². The number of aromatic nitrogens is 2. The third-order valence-corrected chi connectivity index (χ3v) is 4.98. The van der Waals surface area contributed by atoms with Crippen molar-refractivity contribution in [2.75, 3.05) is 0 Å². The van der Waals surface area contributed by atoms with Gasteiger partial charge in [-0.15, -0.1) is 11.3 Å². The Balaban J connectivity index is 2.14. The second-order valence-electron chi connectivity index (χ2n) is 5.64. The van der Waals surface area contributed by atoms with Crippen molar-refractivity contribution in [3.8, 4) is 11.1 Å². The zero-order valence-electron chi connectivity index (χ0n) is 13.6. The Bertz CT molecular complexity index is 955. The molecule has 6 heteroatoms. The van der Waals surface area contributed by atoms with Crippen molar-refractivity contribution in [1.29, 1.82) is 0 Å². The summed E-state index contributed by atoms with van der Waals surface area (Å²) in [5.41, 5.74) is 2.91. The van der Waals surface area contributed by atoms with Gasteiger partial charge in [-0.05, 0) is 24.5 Å². The molecule has 3 aromatic rings. The van der Waals surface area contributed by atoms with Gasteiger partial charge in [0.15, 0.2) is 0 Å². The quantitative estimate of drug-likeness (QED) is 0.770. The Hall–Kier alpha value is -2.47. The number of thiophene rings is 1. The minimum Gasteiger partial charge on any atom is -0.481 e. The van der Waals surface area contributed by atoms with Crippen molar-refractivity contribution in [3.05, 3.63) is 51.4 Å². The van der Waals surface area contributed by atoms with Crippen LogP contribution in [0.15, 0.2) is 34.4 Å². The number of rotatable bonds is 5. The molecule has 1 N–H and O–H groups in total. The van der Waals surface area contributed by atoms with Gasteiger partial charge in [-0.2, -0.15) is 0 Å². The monoisotopic (exact) mass is 342 g/mol. The fourth-order valence-electron chi connectivity index (χ4n) is 2.73. The van der Waals surface area contributed by atoms with E-state index in [4.69, 9.17) is 5.11 Å². The molecule has 0 fully saturated rings. The van der Waals surface area contributed by atoms with E-state index in [-0.39, 0.29) is 18.5 Å². The highest BCUT2D eigenvalue weighted by Gasteiger charge is 2.15. The maximum atomic E-state index is 12.9. The number of hydrogen-bond donors (Lipinski definition) is 1. The van der Waals surface area contributed by atoms with Gasteiger partial charge in [-0.1, -0.05) is 31.2 Å². The van der Waals surface area contributed by atoms with Crippen LogP contribution in [0.25, 0.3) is 21.3 Å². The Morgan fingerprint density at radius 1 is 1.29 bits per heavy atom. The van der Waals surface area contributed by atoms with Crippen LogP contribution in [0.4, 0.5) is 0 Å². The van der Waals surface area contributed by atoms with E-state index in [0.29, 0.717) is 16.0 Å². The molecule has 0 spiro atoms. The van der Waals surface area contributed by atoms with Crippen LogP contribution in [-0.2, 0) is 17.8 Å². The Kier molecular flexibility index (Phi) is 4.49. The SMILES string of the molecule is CCc1ccc(-c2csc3nc(C)n(CCC(=O)O)c(=O)c23)cc1. The van der Waals surface area contributed by atoms with E-state index in [1.54, 1.807) is 6.92 Å². The first kappa shape index (κ1) is 16.4. The number of hydrogen-bond acceptors (Lipinski definition) is 4. The van der Waals surface area contributed by atoms with Gasteiger partial charge in [0.2, 0.25) is 0 Å². The van der Waals surface area contributed by atoms with Crippen molar-refractivity contribution in [3.63, 3.8) is 0 Å². The van der Waals surface area contributed by atoms with Crippen LogP contribution in [0.2, 0.25) is 0 Å². The molecule has 5 nitrogen and oxygen atoms in total. The van der Waals surface area contributed by atoms with Crippen LogP contribution in [0, 0.1) is 6.92 Å². The smallest absolute Gasteiger partial charge is 0.305 e. The normalized spacial score (nSPS) is 11.1. The maximum absolute atomic E-state index is 12.9. The van der Waals surface area contributed by atoms with E-state index in [2.05, 4.69) is 24.0 Å². The van der Waals surface area contributed by atoms with Crippen molar-refractivity contribution in [2.45, 2.75) is 33.2 Å². The van der Waals surface area contributed by atoms with Crippen LogP contribution in [-0.4, -0.2) is 20.6 Å². The summed E-state index contributed by atoms with van der Waals surface area (Å²) in [6.07, 6.45) is 0.867. The number of fused-ring (bicyclic) bond motifs is 1. The Morgan fingerprint density at radius 2 is 2.00 bits per heavy atom. The van der Waals surface area contributed by atoms with Gasteiger partial charge in [-0.25, -0.2) is 4.98 Å². The summed E-state index contributed by atoms with van der Waals surface area (Å²) in [6.45, 7) is 3.97. The Morgan fingerprint density at radius 3 is 2.62 bits per heavy atom. The van der Waals surface area contributed by atoms with Crippen molar-refractivity contribution < 1.29 is 9.90 Å². The second-order valence-corrected chi connectivity index (χ2v) is 6.50. The summed E-state index contributed by atoms with van der Waals surface area (Å²) >= 11 is 1.44. The molecule has 2 heterocycles. The van der Waals surface area contributed by atoms with E-state index >= 15 is 0 Å². The van der Waals surface area contributed by atoms with Gasteiger partial charge in [-0.3, -0.25) is 14.2 Å². The van der Waals surface area contributed by atoms with E-state index < -0.39 is 5.97 Å². The number of nitrogens with zero attached hydrogens (tertiary/aromatic N) is 2. The largest absolute Gasteiger partial charge is 0.481 e. The number of aryl methyl sites for hydroxylation is 2. The zero-order valence-corrected chi connectivity index (χ0v) is 14.4. The summed E-state index contributed by atoms with van der Waals surface area (Å²) in [4.78, 5) is 28.9. The summed E-state index contributed by atoms with van der Waals surface area (Å²) < 4.78 is 1.45. The first-order valence-electron chi connectivity index (χ1n) is 7.81. The first-order chi connectivity index (χ1) is 11.5. The highest BCUT2D eigenvalue weighted by molar-refractivity contribution is 7.17. The summed E-state index contributed by atoms with van der Waals surface area (Å²) in [5.74, 6) is -0.384. The zero-order chi connectivity index (χ0) is 17.3. The van der Waals surface area contributed by atoms with E-state index in [1.807, 2.05) is 17.5 Å². The predicted octanol–water partition coefficient (Wildman–Crippen LogP) is 3.47. The predicted molar refractivity (Wildman–Crippen MR) is 95.7 cm³/mol. The van der Waals surface area contributed by atoms with E-state index in [9.17, 15) is 9.59 Å².